The van der Waals surface area contributed by atoms with Crippen molar-refractivity contribution in [3.8, 4) is 34.2 Å². The minimum absolute atomic E-state index is 0.0163. The normalized spacial score (nSPS) is 13.5. The van der Waals surface area contributed by atoms with Crippen LogP contribution in [0.1, 0.15) is 6.85 Å². The molecule has 0 radical (unpaired) electrons. The average molecular weight is 561 g/mol. The SMILES string of the molecule is [2H]c1c([2H])c([2H])c(-c2nc(-c3cccc4c3oc3cc5ccccc5cc34)nc(-c3cccc4sc5ccccc5c34)n2)c([2H])c1[2H]. The molecule has 4 nitrogen and oxygen atoms in total. The molecule has 0 saturated carbocycles. The van der Waals surface area contributed by atoms with Crippen LogP contribution in [0, 0.1) is 0 Å². The lowest BCUT2D eigenvalue weighted by Gasteiger charge is -2.10. The quantitative estimate of drug-likeness (QED) is 0.216. The molecule has 0 aliphatic heterocycles. The van der Waals surface area contributed by atoms with Gasteiger partial charge in [-0.05, 0) is 41.1 Å². The highest BCUT2D eigenvalue weighted by Gasteiger charge is 2.20. The number of thiophene rings is 1. The number of rotatable bonds is 3. The molecule has 9 aromatic rings. The van der Waals surface area contributed by atoms with Crippen LogP contribution in [0.4, 0.5) is 0 Å². The van der Waals surface area contributed by atoms with E-state index in [2.05, 4.69) is 30.3 Å². The molecule has 0 unspecified atom stereocenters. The second-order valence-electron chi connectivity index (χ2n) is 10.1. The Bertz CT molecular complexity index is 2740. The van der Waals surface area contributed by atoms with Crippen molar-refractivity contribution >= 4 is 64.2 Å². The van der Waals surface area contributed by atoms with Crippen molar-refractivity contribution in [2.24, 2.45) is 0 Å². The maximum absolute atomic E-state index is 8.72. The fraction of sp³-hybridized carbons (Fsp3) is 0. The minimum Gasteiger partial charge on any atom is -0.455 e. The molecule has 196 valence electrons. The number of fused-ring (bicyclic) bond motifs is 7. The largest absolute Gasteiger partial charge is 0.455 e. The number of para-hydroxylation sites is 1. The Labute approximate surface area is 251 Å². The zero-order chi connectivity index (χ0) is 32.0. The lowest BCUT2D eigenvalue weighted by atomic mass is 10.0. The van der Waals surface area contributed by atoms with Crippen LogP contribution in [0.3, 0.4) is 0 Å². The molecule has 0 aliphatic rings. The van der Waals surface area contributed by atoms with Crippen LogP contribution in [-0.2, 0) is 0 Å². The van der Waals surface area contributed by atoms with E-state index in [0.29, 0.717) is 17.0 Å². The standard InChI is InChI=1S/C37H21N3OS/c1-2-10-22(11-3-1)35-38-36(27-16-9-19-32-33(27)26-14-6-7-18-31(26)42-32)40-37(39-35)28-17-8-15-25-29-20-23-12-4-5-13-24(23)21-30(29)41-34(25)28/h1-21H/i1D,2D,3D,10D,11D. The fourth-order valence-electron chi connectivity index (χ4n) is 5.71. The molecule has 0 saturated heterocycles. The topological polar surface area (TPSA) is 51.8 Å². The first-order chi connectivity index (χ1) is 22.9. The molecule has 0 spiro atoms. The van der Waals surface area contributed by atoms with Crippen LogP contribution in [0.5, 0.6) is 0 Å². The molecule has 42 heavy (non-hydrogen) atoms. The monoisotopic (exact) mass is 560 g/mol. The van der Waals surface area contributed by atoms with Gasteiger partial charge in [0, 0.05) is 42.1 Å². The van der Waals surface area contributed by atoms with Gasteiger partial charge in [0.05, 0.1) is 12.4 Å². The summed E-state index contributed by atoms with van der Waals surface area (Å²) in [6, 6.07) is 30.0. The number of benzene rings is 6. The van der Waals surface area contributed by atoms with Gasteiger partial charge in [-0.15, -0.1) is 11.3 Å². The van der Waals surface area contributed by atoms with Gasteiger partial charge in [-0.1, -0.05) is 96.9 Å². The summed E-state index contributed by atoms with van der Waals surface area (Å²) in [5.74, 6) is 0.574. The molecule has 0 amide bonds. The first-order valence-electron chi connectivity index (χ1n) is 16.0. The van der Waals surface area contributed by atoms with Crippen LogP contribution in [0.15, 0.2) is 132 Å². The van der Waals surface area contributed by atoms with Gasteiger partial charge in [0.15, 0.2) is 17.5 Å². The van der Waals surface area contributed by atoms with Gasteiger partial charge in [-0.3, -0.25) is 0 Å². The number of hydrogen-bond acceptors (Lipinski definition) is 5. The van der Waals surface area contributed by atoms with Crippen molar-refractivity contribution in [1.82, 2.24) is 15.0 Å². The minimum atomic E-state index is -0.479. The van der Waals surface area contributed by atoms with E-state index in [1.807, 2.05) is 66.7 Å². The summed E-state index contributed by atoms with van der Waals surface area (Å²) in [5.41, 5.74) is 2.57. The fourth-order valence-corrected chi connectivity index (χ4v) is 6.84. The Kier molecular flexibility index (Phi) is 4.07. The van der Waals surface area contributed by atoms with Crippen LogP contribution in [0.25, 0.3) is 87.0 Å². The summed E-state index contributed by atoms with van der Waals surface area (Å²) in [4.78, 5) is 14.6. The Balaban J connectivity index is 1.37. The molecule has 0 bridgehead atoms. The lowest BCUT2D eigenvalue weighted by Crippen LogP contribution is -2.00. The van der Waals surface area contributed by atoms with Gasteiger partial charge in [-0.2, -0.15) is 0 Å². The van der Waals surface area contributed by atoms with Gasteiger partial charge >= 0.3 is 0 Å². The van der Waals surface area contributed by atoms with Crippen LogP contribution < -0.4 is 0 Å². The highest BCUT2D eigenvalue weighted by molar-refractivity contribution is 7.25. The Morgan fingerprint density at radius 2 is 1.24 bits per heavy atom. The van der Waals surface area contributed by atoms with E-state index in [1.54, 1.807) is 11.3 Å². The van der Waals surface area contributed by atoms with Crippen LogP contribution >= 0.6 is 11.3 Å². The van der Waals surface area contributed by atoms with E-state index in [0.717, 1.165) is 52.9 Å². The Morgan fingerprint density at radius 1 is 0.571 bits per heavy atom. The van der Waals surface area contributed by atoms with Crippen molar-refractivity contribution in [1.29, 1.82) is 0 Å². The van der Waals surface area contributed by atoms with Gasteiger partial charge in [-0.25, -0.2) is 15.0 Å². The van der Waals surface area contributed by atoms with Crippen molar-refractivity contribution in [2.75, 3.05) is 0 Å². The second kappa shape index (κ2) is 9.06. The molecular weight excluding hydrogens is 534 g/mol. The summed E-state index contributed by atoms with van der Waals surface area (Å²) in [6.07, 6.45) is 0. The van der Waals surface area contributed by atoms with E-state index in [-0.39, 0.29) is 29.3 Å². The molecule has 6 aromatic carbocycles. The molecule has 5 heteroatoms. The van der Waals surface area contributed by atoms with Crippen molar-refractivity contribution in [2.45, 2.75) is 0 Å². The highest BCUT2D eigenvalue weighted by atomic mass is 32.1. The molecule has 9 rings (SSSR count). The van der Waals surface area contributed by atoms with Gasteiger partial charge in [0.1, 0.15) is 11.2 Å². The zero-order valence-electron chi connectivity index (χ0n) is 26.9. The Hall–Kier alpha value is -5.39. The Morgan fingerprint density at radius 3 is 2.12 bits per heavy atom. The first kappa shape index (κ1) is 18.9. The van der Waals surface area contributed by atoms with E-state index < -0.39 is 18.1 Å². The summed E-state index contributed by atoms with van der Waals surface area (Å²) in [6.45, 7) is 0. The first-order valence-corrected chi connectivity index (χ1v) is 14.3. The van der Waals surface area contributed by atoms with Crippen LogP contribution in [-0.4, -0.2) is 15.0 Å². The van der Waals surface area contributed by atoms with E-state index in [1.165, 1.54) is 0 Å². The van der Waals surface area contributed by atoms with Gasteiger partial charge in [0.2, 0.25) is 0 Å². The molecule has 0 atom stereocenters. The molecule has 3 aromatic heterocycles. The second-order valence-corrected chi connectivity index (χ2v) is 11.1. The van der Waals surface area contributed by atoms with E-state index in [4.69, 9.17) is 26.2 Å². The van der Waals surface area contributed by atoms with E-state index >= 15 is 0 Å². The van der Waals surface area contributed by atoms with Gasteiger partial charge < -0.3 is 4.42 Å². The summed E-state index contributed by atoms with van der Waals surface area (Å²) in [7, 11) is 0. The predicted octanol–water partition coefficient (Wildman–Crippen LogP) is 10.3. The number of aromatic nitrogens is 3. The number of furan rings is 1. The molecule has 3 heterocycles. The lowest BCUT2D eigenvalue weighted by molar-refractivity contribution is 0.670. The zero-order valence-corrected chi connectivity index (χ0v) is 22.7. The molecular formula is C37H21N3OS. The van der Waals surface area contributed by atoms with Crippen molar-refractivity contribution in [3.05, 3.63) is 127 Å². The van der Waals surface area contributed by atoms with Crippen LogP contribution in [0.2, 0.25) is 0 Å². The van der Waals surface area contributed by atoms with Crippen molar-refractivity contribution in [3.63, 3.8) is 0 Å². The average Bonchev–Trinajstić information content (AvgIpc) is 3.66. The third kappa shape index (κ3) is 3.57. The number of nitrogens with zero attached hydrogens (tertiary/aromatic N) is 3. The third-order valence-corrected chi connectivity index (χ3v) is 8.74. The van der Waals surface area contributed by atoms with E-state index in [9.17, 15) is 0 Å². The maximum Gasteiger partial charge on any atom is 0.167 e. The summed E-state index contributed by atoms with van der Waals surface area (Å²) >= 11 is 1.67. The predicted molar refractivity (Wildman–Crippen MR) is 174 cm³/mol. The summed E-state index contributed by atoms with van der Waals surface area (Å²) in [5, 5.41) is 6.03. The maximum atomic E-state index is 8.72. The smallest absolute Gasteiger partial charge is 0.167 e. The van der Waals surface area contributed by atoms with Gasteiger partial charge in [0.25, 0.3) is 0 Å². The molecule has 0 aliphatic carbocycles. The molecule has 0 fully saturated rings. The molecule has 0 N–H and O–H groups in total. The highest BCUT2D eigenvalue weighted by Crippen LogP contribution is 2.41. The third-order valence-electron chi connectivity index (χ3n) is 7.61. The number of hydrogen-bond donors (Lipinski definition) is 0. The summed E-state index contributed by atoms with van der Waals surface area (Å²) < 4.78 is 50.9. The van der Waals surface area contributed by atoms with Crippen molar-refractivity contribution < 1.29 is 11.3 Å².